The summed E-state index contributed by atoms with van der Waals surface area (Å²) >= 11 is 0. The van der Waals surface area contributed by atoms with Crippen LogP contribution < -0.4 is 4.74 Å². The molecule has 0 saturated heterocycles. The minimum Gasteiger partial charge on any atom is -0.459 e. The van der Waals surface area contributed by atoms with Gasteiger partial charge in [-0.3, -0.25) is 4.98 Å². The third-order valence-electron chi connectivity index (χ3n) is 5.89. The Morgan fingerprint density at radius 2 is 1.65 bits per heavy atom. The summed E-state index contributed by atoms with van der Waals surface area (Å²) < 4.78 is 72.1. The van der Waals surface area contributed by atoms with Gasteiger partial charge in [0, 0.05) is 32.7 Å². The minimum atomic E-state index is -3.70. The number of hydrogen-bond donors (Lipinski definition) is 0. The van der Waals surface area contributed by atoms with Crippen LogP contribution in [0.4, 0.5) is 17.6 Å². The quantitative estimate of drug-likeness (QED) is 0.270. The lowest BCUT2D eigenvalue weighted by Crippen LogP contribution is -2.49. The Morgan fingerprint density at radius 1 is 0.946 bits per heavy atom. The molecule has 0 spiro atoms. The van der Waals surface area contributed by atoms with Crippen molar-refractivity contribution in [3.8, 4) is 16.9 Å². The van der Waals surface area contributed by atoms with E-state index in [2.05, 4.69) is 20.5 Å². The number of nitrogens with zero attached hydrogens (tertiary/aromatic N) is 5. The molecule has 4 rings (SSSR count). The summed E-state index contributed by atoms with van der Waals surface area (Å²) in [6.07, 6.45) is 2.50. The van der Waals surface area contributed by atoms with Gasteiger partial charge in [0.05, 0.1) is 6.54 Å². The van der Waals surface area contributed by atoms with Crippen LogP contribution in [-0.2, 0) is 22.8 Å². The van der Waals surface area contributed by atoms with Crippen LogP contribution in [0.15, 0.2) is 67.1 Å². The molecule has 0 saturated carbocycles. The maximum absolute atomic E-state index is 16.4. The van der Waals surface area contributed by atoms with Gasteiger partial charge in [0.1, 0.15) is 23.6 Å². The third-order valence-corrected chi connectivity index (χ3v) is 5.89. The number of aryl methyl sites for hydroxylation is 1. The standard InChI is InChI=1S/C26H25F4N5O2/c1-17-13-20(27)8-11-22(17)25(36-4,15-35-16-32-33-34-35)26(29,30)23-12-7-19(14-31-23)18-5-9-21(10-6-18)37-24(2,3)28/h5-14,16H,15H2,1-4H3/t25-/m1/s1. The van der Waals surface area contributed by atoms with Crippen LogP contribution in [0.2, 0.25) is 0 Å². The number of benzene rings is 2. The number of hydrogen-bond acceptors (Lipinski definition) is 6. The molecule has 0 unspecified atom stereocenters. The van der Waals surface area contributed by atoms with Gasteiger partial charge in [-0.25, -0.2) is 9.07 Å². The lowest BCUT2D eigenvalue weighted by Gasteiger charge is -2.39. The van der Waals surface area contributed by atoms with Crippen molar-refractivity contribution in [2.75, 3.05) is 7.11 Å². The highest BCUT2D eigenvalue weighted by atomic mass is 19.3. The topological polar surface area (TPSA) is 75.0 Å². The van der Waals surface area contributed by atoms with E-state index in [1.165, 1.54) is 51.5 Å². The van der Waals surface area contributed by atoms with Crippen molar-refractivity contribution in [3.05, 3.63) is 89.8 Å². The van der Waals surface area contributed by atoms with Gasteiger partial charge in [0.25, 0.3) is 0 Å². The van der Waals surface area contributed by atoms with E-state index in [4.69, 9.17) is 9.47 Å². The first kappa shape index (κ1) is 26.2. The van der Waals surface area contributed by atoms with Crippen LogP contribution in [0, 0.1) is 12.7 Å². The molecule has 2 aromatic carbocycles. The second-order valence-electron chi connectivity index (χ2n) is 8.99. The van der Waals surface area contributed by atoms with Gasteiger partial charge in [-0.15, -0.1) is 5.10 Å². The fraction of sp³-hybridized carbons (Fsp3) is 0.308. The number of halogens is 4. The first-order chi connectivity index (χ1) is 17.4. The first-order valence-corrected chi connectivity index (χ1v) is 11.3. The van der Waals surface area contributed by atoms with E-state index in [1.807, 2.05) is 0 Å². The molecular weight excluding hydrogens is 490 g/mol. The fourth-order valence-corrected chi connectivity index (χ4v) is 4.17. The summed E-state index contributed by atoms with van der Waals surface area (Å²) in [5.41, 5.74) is -1.31. The van der Waals surface area contributed by atoms with E-state index in [9.17, 15) is 8.78 Å². The van der Waals surface area contributed by atoms with Gasteiger partial charge in [0.2, 0.25) is 5.85 Å². The molecule has 2 heterocycles. The Morgan fingerprint density at radius 3 is 2.19 bits per heavy atom. The first-order valence-electron chi connectivity index (χ1n) is 11.3. The molecule has 0 radical (unpaired) electrons. The van der Waals surface area contributed by atoms with E-state index >= 15 is 8.78 Å². The van der Waals surface area contributed by atoms with Gasteiger partial charge in [-0.2, -0.15) is 13.2 Å². The predicted octanol–water partition coefficient (Wildman–Crippen LogP) is 5.60. The van der Waals surface area contributed by atoms with Gasteiger partial charge >= 0.3 is 5.92 Å². The van der Waals surface area contributed by atoms with Crippen molar-refractivity contribution >= 4 is 0 Å². The summed E-state index contributed by atoms with van der Waals surface area (Å²) in [6, 6.07) is 12.7. The summed E-state index contributed by atoms with van der Waals surface area (Å²) in [7, 11) is 1.15. The number of aromatic nitrogens is 5. The van der Waals surface area contributed by atoms with Crippen LogP contribution in [0.5, 0.6) is 5.75 Å². The van der Waals surface area contributed by atoms with Crippen LogP contribution in [-0.4, -0.2) is 38.2 Å². The van der Waals surface area contributed by atoms with Crippen molar-refractivity contribution in [1.82, 2.24) is 25.2 Å². The van der Waals surface area contributed by atoms with Crippen LogP contribution in [0.3, 0.4) is 0 Å². The molecule has 0 N–H and O–H groups in total. The highest BCUT2D eigenvalue weighted by molar-refractivity contribution is 5.63. The van der Waals surface area contributed by atoms with Crippen LogP contribution >= 0.6 is 0 Å². The molecule has 2 aromatic heterocycles. The van der Waals surface area contributed by atoms with Crippen molar-refractivity contribution in [3.63, 3.8) is 0 Å². The third kappa shape index (κ3) is 5.31. The number of rotatable bonds is 9. The van der Waals surface area contributed by atoms with Crippen LogP contribution in [0.25, 0.3) is 11.1 Å². The monoisotopic (exact) mass is 515 g/mol. The Labute approximate surface area is 211 Å². The SMILES string of the molecule is CO[C@](Cn1cnnn1)(c1ccc(F)cc1C)C(F)(F)c1ccc(-c2ccc(OC(C)(C)F)cc2)cn1. The number of pyridine rings is 1. The number of ether oxygens (including phenoxy) is 2. The van der Waals surface area contributed by atoms with E-state index in [1.54, 1.807) is 24.3 Å². The lowest BCUT2D eigenvalue weighted by atomic mass is 9.82. The van der Waals surface area contributed by atoms with Gasteiger partial charge in [-0.05, 0) is 64.4 Å². The Bertz CT molecular complexity index is 1340. The zero-order valence-electron chi connectivity index (χ0n) is 20.6. The largest absolute Gasteiger partial charge is 0.459 e. The summed E-state index contributed by atoms with van der Waals surface area (Å²) in [5, 5.41) is 10.8. The molecule has 0 amide bonds. The molecule has 7 nitrogen and oxygen atoms in total. The average Bonchev–Trinajstić information content (AvgIpc) is 3.35. The summed E-state index contributed by atoms with van der Waals surface area (Å²) in [4.78, 5) is 4.07. The molecule has 0 aliphatic rings. The average molecular weight is 516 g/mol. The predicted molar refractivity (Wildman–Crippen MR) is 127 cm³/mol. The molecule has 1 atom stereocenters. The number of methoxy groups -OCH3 is 1. The maximum Gasteiger partial charge on any atom is 0.323 e. The van der Waals surface area contributed by atoms with Crippen molar-refractivity contribution in [1.29, 1.82) is 0 Å². The van der Waals surface area contributed by atoms with E-state index in [-0.39, 0.29) is 11.1 Å². The van der Waals surface area contributed by atoms with Gasteiger partial charge in [0.15, 0.2) is 5.60 Å². The fourth-order valence-electron chi connectivity index (χ4n) is 4.17. The smallest absolute Gasteiger partial charge is 0.323 e. The lowest BCUT2D eigenvalue weighted by molar-refractivity contribution is -0.222. The molecule has 11 heteroatoms. The van der Waals surface area contributed by atoms with E-state index < -0.39 is 35.4 Å². The maximum atomic E-state index is 16.4. The molecular formula is C26H25F4N5O2. The summed E-state index contributed by atoms with van der Waals surface area (Å²) in [6.45, 7) is 3.63. The zero-order chi connectivity index (χ0) is 26.8. The molecule has 0 aliphatic carbocycles. The molecule has 0 bridgehead atoms. The Balaban J connectivity index is 1.72. The normalized spacial score (nSPS) is 13.8. The Hall–Kier alpha value is -3.86. The molecule has 37 heavy (non-hydrogen) atoms. The van der Waals surface area contributed by atoms with Crippen molar-refractivity contribution < 1.29 is 27.0 Å². The molecule has 4 aromatic rings. The Kier molecular flexibility index (Phi) is 7.00. The molecule has 194 valence electrons. The number of tetrazole rings is 1. The highest BCUT2D eigenvalue weighted by Gasteiger charge is 2.59. The summed E-state index contributed by atoms with van der Waals surface area (Å²) in [5.74, 6) is -5.77. The van der Waals surface area contributed by atoms with E-state index in [0.29, 0.717) is 16.9 Å². The zero-order valence-corrected chi connectivity index (χ0v) is 20.6. The van der Waals surface area contributed by atoms with Gasteiger partial charge < -0.3 is 9.47 Å². The minimum absolute atomic E-state index is 0.0640. The second-order valence-corrected chi connectivity index (χ2v) is 8.99. The van der Waals surface area contributed by atoms with Crippen molar-refractivity contribution in [2.24, 2.45) is 0 Å². The molecule has 0 aliphatic heterocycles. The van der Waals surface area contributed by atoms with Crippen LogP contribution in [0.1, 0.15) is 30.7 Å². The number of alkyl halides is 3. The second kappa shape index (κ2) is 9.89. The van der Waals surface area contributed by atoms with E-state index in [0.717, 1.165) is 23.9 Å². The van der Waals surface area contributed by atoms with Gasteiger partial charge in [-0.1, -0.05) is 24.3 Å². The highest BCUT2D eigenvalue weighted by Crippen LogP contribution is 2.49. The van der Waals surface area contributed by atoms with Crippen molar-refractivity contribution in [2.45, 2.75) is 44.7 Å². The molecule has 0 fully saturated rings.